The zero-order valence-electron chi connectivity index (χ0n) is 19.2. The van der Waals surface area contributed by atoms with E-state index in [-0.39, 0.29) is 17.8 Å². The van der Waals surface area contributed by atoms with Crippen LogP contribution in [-0.2, 0) is 16.1 Å². The molecule has 7 nitrogen and oxygen atoms in total. The van der Waals surface area contributed by atoms with Crippen molar-refractivity contribution >= 4 is 33.8 Å². The Morgan fingerprint density at radius 2 is 2.03 bits per heavy atom. The average Bonchev–Trinajstić information content (AvgIpc) is 3.16. The minimum absolute atomic E-state index is 0.197. The Morgan fingerprint density at radius 3 is 2.70 bits per heavy atom. The van der Waals surface area contributed by atoms with Gasteiger partial charge in [0.05, 0.1) is 17.9 Å². The lowest BCUT2D eigenvalue weighted by molar-refractivity contribution is -0.112. The lowest BCUT2D eigenvalue weighted by atomic mass is 10.0. The first-order valence-electron chi connectivity index (χ1n) is 10.9. The molecule has 0 spiro atoms. The van der Waals surface area contributed by atoms with Crippen LogP contribution in [-0.4, -0.2) is 46.1 Å². The molecule has 2 unspecified atom stereocenters. The van der Waals surface area contributed by atoms with Crippen molar-refractivity contribution in [2.24, 2.45) is 5.73 Å². The number of aryl methyl sites for hydroxylation is 1. The van der Waals surface area contributed by atoms with Crippen molar-refractivity contribution in [1.29, 1.82) is 0 Å². The van der Waals surface area contributed by atoms with Gasteiger partial charge in [-0.25, -0.2) is 9.97 Å². The van der Waals surface area contributed by atoms with E-state index in [1.807, 2.05) is 37.4 Å². The highest BCUT2D eigenvalue weighted by Crippen LogP contribution is 2.28. The summed E-state index contributed by atoms with van der Waals surface area (Å²) in [6.45, 7) is 12.6. The van der Waals surface area contributed by atoms with Crippen molar-refractivity contribution in [1.82, 2.24) is 14.9 Å². The van der Waals surface area contributed by atoms with Gasteiger partial charge in [-0.15, -0.1) is 11.3 Å². The first-order chi connectivity index (χ1) is 15.8. The Kier molecular flexibility index (Phi) is 6.88. The number of anilines is 2. The van der Waals surface area contributed by atoms with Gasteiger partial charge in [0.1, 0.15) is 5.82 Å². The molecule has 1 aliphatic heterocycles. The Labute approximate surface area is 198 Å². The van der Waals surface area contributed by atoms with E-state index in [9.17, 15) is 4.79 Å². The van der Waals surface area contributed by atoms with Crippen LogP contribution in [0, 0.1) is 6.92 Å². The van der Waals surface area contributed by atoms with Gasteiger partial charge >= 0.3 is 0 Å². The number of rotatable bonds is 7. The molecule has 3 heterocycles. The number of pyridine rings is 1. The van der Waals surface area contributed by atoms with Gasteiger partial charge in [0.2, 0.25) is 5.91 Å². The average molecular weight is 464 g/mol. The third kappa shape index (κ3) is 5.84. The number of hydrogen-bond donors (Lipinski definition) is 2. The maximum absolute atomic E-state index is 11.6. The number of aromatic nitrogens is 2. The van der Waals surface area contributed by atoms with E-state index < -0.39 is 5.91 Å². The summed E-state index contributed by atoms with van der Waals surface area (Å²) < 4.78 is 5.89. The van der Waals surface area contributed by atoms with Gasteiger partial charge < -0.3 is 15.8 Å². The van der Waals surface area contributed by atoms with Crippen LogP contribution in [0.5, 0.6) is 0 Å². The molecule has 172 valence electrons. The van der Waals surface area contributed by atoms with Gasteiger partial charge in [-0.1, -0.05) is 24.8 Å². The lowest BCUT2D eigenvalue weighted by Gasteiger charge is -2.35. The highest BCUT2D eigenvalue weighted by Gasteiger charge is 2.22. The second kappa shape index (κ2) is 9.82. The maximum Gasteiger partial charge on any atom is 0.248 e. The molecule has 3 aromatic rings. The third-order valence-electron chi connectivity index (χ3n) is 5.45. The molecule has 1 amide bonds. The Morgan fingerprint density at radius 1 is 1.27 bits per heavy atom. The summed E-state index contributed by atoms with van der Waals surface area (Å²) in [5.74, 6) is 0.191. The summed E-state index contributed by atoms with van der Waals surface area (Å²) >= 11 is 1.58. The number of ether oxygens (including phenoxy) is 1. The normalized spacial score (nSPS) is 18.8. The van der Waals surface area contributed by atoms with Crippen LogP contribution >= 0.6 is 11.3 Å². The molecule has 0 aliphatic carbocycles. The fourth-order valence-corrected chi connectivity index (χ4v) is 4.76. The van der Waals surface area contributed by atoms with Crippen LogP contribution in [0.25, 0.3) is 16.8 Å². The zero-order chi connectivity index (χ0) is 23.5. The van der Waals surface area contributed by atoms with Gasteiger partial charge in [-0.2, -0.15) is 0 Å². The first kappa shape index (κ1) is 23.1. The molecular weight excluding hydrogens is 434 g/mol. The number of carbonyl (C=O) groups is 1. The van der Waals surface area contributed by atoms with E-state index in [2.05, 4.69) is 47.8 Å². The molecule has 33 heavy (non-hydrogen) atoms. The Hall–Kier alpha value is -3.07. The van der Waals surface area contributed by atoms with E-state index in [4.69, 9.17) is 15.5 Å². The molecule has 8 heteroatoms. The number of carbonyl (C=O) groups excluding carboxylic acids is 1. The lowest BCUT2D eigenvalue weighted by Crippen LogP contribution is -2.44. The van der Waals surface area contributed by atoms with Crippen molar-refractivity contribution < 1.29 is 9.53 Å². The van der Waals surface area contributed by atoms with Crippen LogP contribution in [0.15, 0.2) is 49.2 Å². The molecule has 1 aromatic carbocycles. The quantitative estimate of drug-likeness (QED) is 0.506. The van der Waals surface area contributed by atoms with E-state index in [1.54, 1.807) is 11.3 Å². The van der Waals surface area contributed by atoms with E-state index in [0.717, 1.165) is 52.3 Å². The van der Waals surface area contributed by atoms with Gasteiger partial charge in [0.25, 0.3) is 0 Å². The van der Waals surface area contributed by atoms with Gasteiger partial charge in [0.15, 0.2) is 5.13 Å². The summed E-state index contributed by atoms with van der Waals surface area (Å²) in [6, 6.07) is 11.7. The standard InChI is InChI=1S/C25H29N5O2S/c1-15-12-30(13-16(2)32-15)14-19-8-22(21-7-5-6-20(10-21)18(4)24(26)31)28-23(9-19)29-25-27-11-17(3)33-25/h5-11,15-16H,4,12-14H2,1-3H3,(H2,26,31)(H,27,28,29). The van der Waals surface area contributed by atoms with E-state index >= 15 is 0 Å². The van der Waals surface area contributed by atoms with Crippen molar-refractivity contribution in [3.8, 4) is 11.3 Å². The first-order valence-corrected chi connectivity index (χ1v) is 11.8. The van der Waals surface area contributed by atoms with Crippen molar-refractivity contribution in [3.63, 3.8) is 0 Å². The van der Waals surface area contributed by atoms with Gasteiger partial charge in [-0.05, 0) is 50.1 Å². The topological polar surface area (TPSA) is 93.4 Å². The number of primary amides is 1. The maximum atomic E-state index is 11.6. The zero-order valence-corrected chi connectivity index (χ0v) is 20.0. The van der Waals surface area contributed by atoms with Gasteiger partial charge in [-0.3, -0.25) is 9.69 Å². The number of benzene rings is 1. The second-order valence-corrected chi connectivity index (χ2v) is 9.76. The van der Waals surface area contributed by atoms with Gasteiger partial charge in [0, 0.05) is 41.8 Å². The van der Waals surface area contributed by atoms with Crippen molar-refractivity contribution in [3.05, 3.63) is 65.2 Å². The van der Waals surface area contributed by atoms with Crippen LogP contribution in [0.1, 0.15) is 29.9 Å². The number of amides is 1. The highest BCUT2D eigenvalue weighted by molar-refractivity contribution is 7.15. The monoisotopic (exact) mass is 463 g/mol. The summed E-state index contributed by atoms with van der Waals surface area (Å²) in [7, 11) is 0. The number of nitrogens with two attached hydrogens (primary N) is 1. The molecule has 0 radical (unpaired) electrons. The van der Waals surface area contributed by atoms with Crippen LogP contribution < -0.4 is 11.1 Å². The Bertz CT molecular complexity index is 1170. The summed E-state index contributed by atoms with van der Waals surface area (Å²) in [5.41, 5.74) is 9.23. The smallest absolute Gasteiger partial charge is 0.248 e. The predicted molar refractivity (Wildman–Crippen MR) is 133 cm³/mol. The number of thiazole rings is 1. The summed E-state index contributed by atoms with van der Waals surface area (Å²) in [5, 5.41) is 4.15. The van der Waals surface area contributed by atoms with Crippen LogP contribution in [0.3, 0.4) is 0 Å². The molecule has 2 atom stereocenters. The molecule has 1 saturated heterocycles. The number of morpholine rings is 1. The van der Waals surface area contributed by atoms with Crippen molar-refractivity contribution in [2.75, 3.05) is 18.4 Å². The molecule has 2 aromatic heterocycles. The molecule has 1 aliphatic rings. The molecule has 0 saturated carbocycles. The number of nitrogens with zero attached hydrogens (tertiary/aromatic N) is 3. The van der Waals surface area contributed by atoms with Crippen molar-refractivity contribution in [2.45, 2.75) is 39.5 Å². The SMILES string of the molecule is C=C(C(N)=O)c1cccc(-c2cc(CN3CC(C)OC(C)C3)cc(Nc3ncc(C)s3)n2)c1. The van der Waals surface area contributed by atoms with Crippen LogP contribution in [0.2, 0.25) is 0 Å². The summed E-state index contributed by atoms with van der Waals surface area (Å²) in [6.07, 6.45) is 2.23. The largest absolute Gasteiger partial charge is 0.373 e. The van der Waals surface area contributed by atoms with E-state index in [1.165, 1.54) is 0 Å². The number of nitrogens with one attached hydrogen (secondary N) is 1. The molecule has 3 N–H and O–H groups in total. The molecule has 1 fully saturated rings. The number of hydrogen-bond acceptors (Lipinski definition) is 7. The molecule has 4 rings (SSSR count). The van der Waals surface area contributed by atoms with E-state index in [0.29, 0.717) is 5.56 Å². The third-order valence-corrected chi connectivity index (χ3v) is 6.28. The van der Waals surface area contributed by atoms with Crippen LogP contribution in [0.4, 0.5) is 10.9 Å². The fourth-order valence-electron chi connectivity index (χ4n) is 4.09. The Balaban J connectivity index is 1.69. The minimum Gasteiger partial charge on any atom is -0.373 e. The molecule has 0 bridgehead atoms. The molecular formula is C25H29N5O2S. The summed E-state index contributed by atoms with van der Waals surface area (Å²) in [4.78, 5) is 24.4. The predicted octanol–water partition coefficient (Wildman–Crippen LogP) is 4.36. The minimum atomic E-state index is -0.536. The highest BCUT2D eigenvalue weighted by atomic mass is 32.1. The second-order valence-electron chi connectivity index (χ2n) is 8.52. The fraction of sp³-hybridized carbons (Fsp3) is 0.320.